The van der Waals surface area contributed by atoms with Gasteiger partial charge in [0.2, 0.25) is 5.91 Å². The van der Waals surface area contributed by atoms with Crippen LogP contribution < -0.4 is 10.9 Å². The van der Waals surface area contributed by atoms with Gasteiger partial charge in [0.25, 0.3) is 5.56 Å². The van der Waals surface area contributed by atoms with Crippen LogP contribution in [0.25, 0.3) is 0 Å². The molecule has 2 heterocycles. The zero-order valence-electron chi connectivity index (χ0n) is 10.8. The Hall–Kier alpha value is -1.30. The summed E-state index contributed by atoms with van der Waals surface area (Å²) in [7, 11) is 0. The van der Waals surface area contributed by atoms with Crippen molar-refractivity contribution in [2.45, 2.75) is 38.0 Å². The quantitative estimate of drug-likeness (QED) is 0.767. The lowest BCUT2D eigenvalue weighted by Crippen LogP contribution is -2.47. The first-order valence-electron chi connectivity index (χ1n) is 5.87. The van der Waals surface area contributed by atoms with Crippen molar-refractivity contribution in [3.05, 3.63) is 22.6 Å². The maximum absolute atomic E-state index is 12.1. The fourth-order valence-electron chi connectivity index (χ4n) is 1.78. The van der Waals surface area contributed by atoms with Crippen molar-refractivity contribution in [2.75, 3.05) is 5.75 Å². The van der Waals surface area contributed by atoms with Crippen molar-refractivity contribution in [2.24, 2.45) is 5.92 Å². The molecule has 2 rings (SSSR count). The molecular formula is C12H17N3O2S. The molecule has 18 heavy (non-hydrogen) atoms. The monoisotopic (exact) mass is 267 g/mol. The molecule has 1 aromatic rings. The number of fused-ring (bicyclic) bond motifs is 1. The van der Waals surface area contributed by atoms with Gasteiger partial charge in [-0.15, -0.1) is 0 Å². The van der Waals surface area contributed by atoms with Crippen LogP contribution in [-0.4, -0.2) is 26.8 Å². The molecule has 1 aliphatic heterocycles. The smallest absolute Gasteiger partial charge is 0.254 e. The summed E-state index contributed by atoms with van der Waals surface area (Å²) in [6.45, 7) is 6.25. The van der Waals surface area contributed by atoms with Gasteiger partial charge >= 0.3 is 0 Å². The second kappa shape index (κ2) is 4.76. The van der Waals surface area contributed by atoms with Gasteiger partial charge < -0.3 is 5.32 Å². The lowest BCUT2D eigenvalue weighted by molar-refractivity contribution is -0.126. The number of aromatic nitrogens is 2. The number of carbonyl (C=O) groups excluding carboxylic acids is 1. The van der Waals surface area contributed by atoms with Gasteiger partial charge in [0.15, 0.2) is 5.16 Å². The minimum absolute atomic E-state index is 0.00333. The standard InChI is InChI=1S/C12H17N3O2S/c1-12(2,3)14-10(17)8-6-15-9(16)4-5-13-11(15)18-7-8/h4-5,8H,6-7H2,1-3H3,(H,14,17). The van der Waals surface area contributed by atoms with Gasteiger partial charge in [-0.05, 0) is 20.8 Å². The number of thioether (sulfide) groups is 1. The summed E-state index contributed by atoms with van der Waals surface area (Å²) in [4.78, 5) is 27.9. The Morgan fingerprint density at radius 1 is 1.56 bits per heavy atom. The fraction of sp³-hybridized carbons (Fsp3) is 0.583. The summed E-state index contributed by atoms with van der Waals surface area (Å²) in [6.07, 6.45) is 1.51. The number of amides is 1. The Bertz CT molecular complexity index is 519. The van der Waals surface area contributed by atoms with Crippen molar-refractivity contribution in [3.8, 4) is 0 Å². The normalized spacial score (nSPS) is 19.2. The molecule has 1 atom stereocenters. The van der Waals surface area contributed by atoms with Crippen LogP contribution in [0.5, 0.6) is 0 Å². The Kier molecular flexibility index (Phi) is 3.47. The van der Waals surface area contributed by atoms with Crippen molar-refractivity contribution < 1.29 is 4.79 Å². The van der Waals surface area contributed by atoms with E-state index >= 15 is 0 Å². The van der Waals surface area contributed by atoms with Crippen molar-refractivity contribution in [3.63, 3.8) is 0 Å². The molecule has 1 amide bonds. The van der Waals surface area contributed by atoms with Crippen LogP contribution in [0.2, 0.25) is 0 Å². The molecule has 1 aromatic heterocycles. The van der Waals surface area contributed by atoms with Crippen LogP contribution in [0, 0.1) is 5.92 Å². The topological polar surface area (TPSA) is 64.0 Å². The van der Waals surface area contributed by atoms with Gasteiger partial charge in [-0.3, -0.25) is 14.2 Å². The molecule has 0 aromatic carbocycles. The Labute approximate surface area is 110 Å². The van der Waals surface area contributed by atoms with E-state index in [1.165, 1.54) is 24.0 Å². The summed E-state index contributed by atoms with van der Waals surface area (Å²) in [5, 5.41) is 3.65. The van der Waals surface area contributed by atoms with E-state index in [1.807, 2.05) is 20.8 Å². The van der Waals surface area contributed by atoms with E-state index in [-0.39, 0.29) is 22.9 Å². The summed E-state index contributed by atoms with van der Waals surface area (Å²) < 4.78 is 1.57. The van der Waals surface area contributed by atoms with E-state index in [4.69, 9.17) is 0 Å². The highest BCUT2D eigenvalue weighted by Crippen LogP contribution is 2.24. The van der Waals surface area contributed by atoms with Crippen LogP contribution in [0.4, 0.5) is 0 Å². The molecule has 0 spiro atoms. The second-order valence-corrected chi connectivity index (χ2v) is 6.41. The van der Waals surface area contributed by atoms with E-state index in [0.29, 0.717) is 17.5 Å². The third-order valence-electron chi connectivity index (χ3n) is 2.58. The third kappa shape index (κ3) is 2.93. The number of carbonyl (C=O) groups is 1. The molecule has 0 saturated heterocycles. The molecule has 0 aliphatic carbocycles. The van der Waals surface area contributed by atoms with Crippen LogP contribution in [-0.2, 0) is 11.3 Å². The molecule has 0 radical (unpaired) electrons. The largest absolute Gasteiger partial charge is 0.351 e. The zero-order valence-corrected chi connectivity index (χ0v) is 11.6. The molecule has 1 unspecified atom stereocenters. The SMILES string of the molecule is CC(C)(C)NC(=O)C1CSc2nccc(=O)n2C1. The first-order valence-corrected chi connectivity index (χ1v) is 6.86. The summed E-state index contributed by atoms with van der Waals surface area (Å²) in [5.74, 6) is 0.485. The minimum atomic E-state index is -0.248. The Morgan fingerprint density at radius 3 is 2.94 bits per heavy atom. The lowest BCUT2D eigenvalue weighted by atomic mass is 10.1. The van der Waals surface area contributed by atoms with Gasteiger partial charge in [0.05, 0.1) is 5.92 Å². The van der Waals surface area contributed by atoms with Crippen molar-refractivity contribution in [1.29, 1.82) is 0 Å². The summed E-state index contributed by atoms with van der Waals surface area (Å²) in [5.41, 5.74) is -0.345. The number of nitrogens with one attached hydrogen (secondary N) is 1. The molecule has 6 heteroatoms. The van der Waals surface area contributed by atoms with Crippen LogP contribution in [0.3, 0.4) is 0 Å². The van der Waals surface area contributed by atoms with Crippen LogP contribution in [0.15, 0.2) is 22.2 Å². The molecule has 1 aliphatic rings. The minimum Gasteiger partial charge on any atom is -0.351 e. The lowest BCUT2D eigenvalue weighted by Gasteiger charge is -2.28. The molecule has 5 nitrogen and oxygen atoms in total. The molecule has 0 bridgehead atoms. The number of hydrogen-bond donors (Lipinski definition) is 1. The fourth-order valence-corrected chi connectivity index (χ4v) is 2.84. The molecule has 0 fully saturated rings. The van der Waals surface area contributed by atoms with Gasteiger partial charge in [-0.25, -0.2) is 4.98 Å². The predicted molar refractivity (Wildman–Crippen MR) is 70.6 cm³/mol. The highest BCUT2D eigenvalue weighted by molar-refractivity contribution is 7.99. The highest BCUT2D eigenvalue weighted by atomic mass is 32.2. The third-order valence-corrected chi connectivity index (χ3v) is 3.74. The highest BCUT2D eigenvalue weighted by Gasteiger charge is 2.28. The van der Waals surface area contributed by atoms with Crippen LogP contribution >= 0.6 is 11.8 Å². The molecule has 98 valence electrons. The van der Waals surface area contributed by atoms with Gasteiger partial charge in [-0.1, -0.05) is 11.8 Å². The zero-order chi connectivity index (χ0) is 13.3. The van der Waals surface area contributed by atoms with Crippen LogP contribution in [0.1, 0.15) is 20.8 Å². The van der Waals surface area contributed by atoms with E-state index in [2.05, 4.69) is 10.3 Å². The number of rotatable bonds is 1. The van der Waals surface area contributed by atoms with Gasteiger partial charge in [0.1, 0.15) is 0 Å². The maximum Gasteiger partial charge on any atom is 0.254 e. The summed E-state index contributed by atoms with van der Waals surface area (Å²) >= 11 is 1.46. The first-order chi connectivity index (χ1) is 8.37. The average Bonchev–Trinajstić information content (AvgIpc) is 2.27. The van der Waals surface area contributed by atoms with Gasteiger partial charge in [-0.2, -0.15) is 0 Å². The van der Waals surface area contributed by atoms with E-state index in [0.717, 1.165) is 0 Å². The summed E-state index contributed by atoms with van der Waals surface area (Å²) in [6, 6.07) is 1.42. The number of hydrogen-bond acceptors (Lipinski definition) is 4. The Morgan fingerprint density at radius 2 is 2.28 bits per heavy atom. The number of nitrogens with zero attached hydrogens (tertiary/aromatic N) is 2. The maximum atomic E-state index is 12.1. The van der Waals surface area contributed by atoms with E-state index in [1.54, 1.807) is 4.57 Å². The van der Waals surface area contributed by atoms with Crippen molar-refractivity contribution in [1.82, 2.24) is 14.9 Å². The van der Waals surface area contributed by atoms with E-state index in [9.17, 15) is 9.59 Å². The molecule has 1 N–H and O–H groups in total. The van der Waals surface area contributed by atoms with Crippen molar-refractivity contribution >= 4 is 17.7 Å². The molecule has 0 saturated carbocycles. The molecular weight excluding hydrogens is 250 g/mol. The average molecular weight is 267 g/mol. The first kappa shape index (κ1) is 13.1. The second-order valence-electron chi connectivity index (χ2n) is 5.42. The van der Waals surface area contributed by atoms with Gasteiger partial charge in [0, 0.05) is 30.1 Å². The Balaban J connectivity index is 2.15. The van der Waals surface area contributed by atoms with E-state index < -0.39 is 0 Å². The predicted octanol–water partition coefficient (Wildman–Crippen LogP) is 0.880.